The van der Waals surface area contributed by atoms with Crippen LogP contribution in [0.1, 0.15) is 0 Å². The zero-order valence-corrected chi connectivity index (χ0v) is 7.44. The van der Waals surface area contributed by atoms with Crippen molar-refractivity contribution in [3.63, 3.8) is 0 Å². The van der Waals surface area contributed by atoms with Gasteiger partial charge in [-0.2, -0.15) is 4.39 Å². The van der Waals surface area contributed by atoms with Crippen molar-refractivity contribution in [1.82, 2.24) is 4.98 Å². The van der Waals surface area contributed by atoms with Gasteiger partial charge in [0.15, 0.2) is 0 Å². The lowest BCUT2D eigenvalue weighted by molar-refractivity contribution is 0.587. The summed E-state index contributed by atoms with van der Waals surface area (Å²) in [5.74, 6) is -0.461. The predicted molar refractivity (Wildman–Crippen MR) is 54.0 cm³/mol. The third-order valence-corrected chi connectivity index (χ3v) is 1.98. The lowest BCUT2D eigenvalue weighted by Gasteiger charge is -2.02. The summed E-state index contributed by atoms with van der Waals surface area (Å²) in [6, 6.07) is 10.4. The molecule has 2 rings (SSSR count). The summed E-state index contributed by atoms with van der Waals surface area (Å²) in [6.45, 7) is 0. The van der Waals surface area contributed by atoms with E-state index >= 15 is 0 Å². The van der Waals surface area contributed by atoms with E-state index in [1.54, 1.807) is 36.4 Å². The van der Waals surface area contributed by atoms with Gasteiger partial charge >= 0.3 is 0 Å². The fourth-order valence-electron chi connectivity index (χ4n) is 1.26. The van der Waals surface area contributed by atoms with Crippen LogP contribution in [0.5, 0.6) is 0 Å². The van der Waals surface area contributed by atoms with Gasteiger partial charge in [0.2, 0.25) is 5.95 Å². The molecule has 2 nitrogen and oxygen atoms in total. The molecule has 0 fully saturated rings. The van der Waals surface area contributed by atoms with Crippen molar-refractivity contribution in [2.24, 2.45) is 0 Å². The van der Waals surface area contributed by atoms with Gasteiger partial charge in [0.05, 0.1) is 0 Å². The molecular weight excluding hydrogens is 179 g/mol. The second kappa shape index (κ2) is 3.46. The highest BCUT2D eigenvalue weighted by Gasteiger charge is 2.03. The monoisotopic (exact) mass is 188 g/mol. The summed E-state index contributed by atoms with van der Waals surface area (Å²) >= 11 is 0. The number of anilines is 1. The fourth-order valence-corrected chi connectivity index (χ4v) is 1.26. The number of nitrogens with zero attached hydrogens (tertiary/aromatic N) is 1. The number of nitrogens with two attached hydrogens (primary N) is 1. The van der Waals surface area contributed by atoms with Crippen molar-refractivity contribution in [3.8, 4) is 11.1 Å². The topological polar surface area (TPSA) is 38.9 Å². The minimum Gasteiger partial charge on any atom is -0.399 e. The Morgan fingerprint density at radius 3 is 2.43 bits per heavy atom. The number of rotatable bonds is 1. The normalized spacial score (nSPS) is 10.1. The highest BCUT2D eigenvalue weighted by molar-refractivity contribution is 5.64. The van der Waals surface area contributed by atoms with Crippen molar-refractivity contribution in [2.45, 2.75) is 0 Å². The van der Waals surface area contributed by atoms with Crippen molar-refractivity contribution in [1.29, 1.82) is 0 Å². The van der Waals surface area contributed by atoms with E-state index in [1.165, 1.54) is 6.20 Å². The summed E-state index contributed by atoms with van der Waals surface area (Å²) in [4.78, 5) is 3.58. The molecule has 1 aromatic heterocycles. The van der Waals surface area contributed by atoms with E-state index in [2.05, 4.69) is 4.98 Å². The van der Waals surface area contributed by atoms with E-state index in [0.29, 0.717) is 11.3 Å². The highest BCUT2D eigenvalue weighted by atomic mass is 19.1. The van der Waals surface area contributed by atoms with E-state index in [1.807, 2.05) is 0 Å². The number of aromatic nitrogens is 1. The Kier molecular flexibility index (Phi) is 2.14. The fraction of sp³-hybridized carbons (Fsp3) is 0. The summed E-state index contributed by atoms with van der Waals surface area (Å²) in [5, 5.41) is 0. The molecule has 14 heavy (non-hydrogen) atoms. The molecule has 2 aromatic rings. The molecule has 0 saturated heterocycles. The first-order valence-corrected chi connectivity index (χ1v) is 4.24. The molecule has 0 atom stereocenters. The minimum absolute atomic E-state index is 0.461. The van der Waals surface area contributed by atoms with E-state index in [0.717, 1.165) is 5.56 Å². The molecule has 0 aliphatic carbocycles. The molecule has 0 aliphatic rings. The van der Waals surface area contributed by atoms with Gasteiger partial charge in [-0.05, 0) is 29.8 Å². The summed E-state index contributed by atoms with van der Waals surface area (Å²) < 4.78 is 13.2. The Balaban J connectivity index is 2.50. The zero-order valence-electron chi connectivity index (χ0n) is 7.44. The van der Waals surface area contributed by atoms with Crippen LogP contribution >= 0.6 is 0 Å². The van der Waals surface area contributed by atoms with Crippen LogP contribution in [0, 0.1) is 5.95 Å². The van der Waals surface area contributed by atoms with Crippen LogP contribution in [0.25, 0.3) is 11.1 Å². The average Bonchev–Trinajstić information content (AvgIpc) is 2.20. The molecule has 0 spiro atoms. The number of benzene rings is 1. The lowest BCUT2D eigenvalue weighted by Crippen LogP contribution is -1.88. The Morgan fingerprint density at radius 1 is 1.07 bits per heavy atom. The van der Waals surface area contributed by atoms with Crippen molar-refractivity contribution < 1.29 is 4.39 Å². The van der Waals surface area contributed by atoms with Gasteiger partial charge in [0, 0.05) is 17.4 Å². The number of pyridine rings is 1. The van der Waals surface area contributed by atoms with E-state index < -0.39 is 5.95 Å². The van der Waals surface area contributed by atoms with E-state index in [-0.39, 0.29) is 0 Å². The molecule has 0 aliphatic heterocycles. The Bertz CT molecular complexity index is 437. The van der Waals surface area contributed by atoms with Crippen molar-refractivity contribution in [2.75, 3.05) is 5.73 Å². The molecule has 0 radical (unpaired) electrons. The number of nitrogen functional groups attached to an aromatic ring is 1. The molecule has 1 aromatic carbocycles. The van der Waals surface area contributed by atoms with Crippen LogP contribution < -0.4 is 5.73 Å². The smallest absolute Gasteiger partial charge is 0.220 e. The molecule has 0 amide bonds. The first-order valence-electron chi connectivity index (χ1n) is 4.24. The second-order valence-electron chi connectivity index (χ2n) is 2.96. The van der Waals surface area contributed by atoms with Crippen LogP contribution in [0.2, 0.25) is 0 Å². The Labute approximate surface area is 81.2 Å². The molecular formula is C11H9FN2. The van der Waals surface area contributed by atoms with Crippen LogP contribution in [-0.4, -0.2) is 4.98 Å². The van der Waals surface area contributed by atoms with E-state index in [4.69, 9.17) is 5.73 Å². The van der Waals surface area contributed by atoms with Gasteiger partial charge in [-0.15, -0.1) is 0 Å². The Hall–Kier alpha value is -1.90. The van der Waals surface area contributed by atoms with Gasteiger partial charge in [0.25, 0.3) is 0 Å². The third kappa shape index (κ3) is 1.57. The molecule has 70 valence electrons. The molecule has 0 saturated carbocycles. The summed E-state index contributed by atoms with van der Waals surface area (Å²) in [7, 11) is 0. The highest BCUT2D eigenvalue weighted by Crippen LogP contribution is 2.21. The van der Waals surface area contributed by atoms with Gasteiger partial charge in [0.1, 0.15) is 0 Å². The van der Waals surface area contributed by atoms with Crippen LogP contribution in [-0.2, 0) is 0 Å². The summed E-state index contributed by atoms with van der Waals surface area (Å²) in [5.41, 5.74) is 7.47. The maximum atomic E-state index is 13.2. The van der Waals surface area contributed by atoms with Gasteiger partial charge in [-0.3, -0.25) is 0 Å². The molecule has 3 heteroatoms. The van der Waals surface area contributed by atoms with Crippen molar-refractivity contribution >= 4 is 5.69 Å². The molecule has 2 N–H and O–H groups in total. The zero-order chi connectivity index (χ0) is 9.97. The van der Waals surface area contributed by atoms with Gasteiger partial charge in [-0.1, -0.05) is 12.1 Å². The first-order chi connectivity index (χ1) is 6.77. The number of halogens is 1. The first kappa shape index (κ1) is 8.69. The largest absolute Gasteiger partial charge is 0.399 e. The quantitative estimate of drug-likeness (QED) is 0.551. The Morgan fingerprint density at radius 2 is 1.79 bits per heavy atom. The SMILES string of the molecule is Nc1ccc(-c2cccnc2F)cc1. The van der Waals surface area contributed by atoms with Gasteiger partial charge in [-0.25, -0.2) is 4.98 Å². The van der Waals surface area contributed by atoms with Crippen LogP contribution in [0.4, 0.5) is 10.1 Å². The third-order valence-electron chi connectivity index (χ3n) is 1.98. The summed E-state index contributed by atoms with van der Waals surface area (Å²) in [6.07, 6.45) is 1.43. The minimum atomic E-state index is -0.461. The standard InChI is InChI=1S/C11H9FN2/c12-11-10(2-1-7-14-11)8-3-5-9(13)6-4-8/h1-7H,13H2. The van der Waals surface area contributed by atoms with Gasteiger partial charge < -0.3 is 5.73 Å². The van der Waals surface area contributed by atoms with Crippen molar-refractivity contribution in [3.05, 3.63) is 48.5 Å². The molecule has 0 bridgehead atoms. The lowest BCUT2D eigenvalue weighted by atomic mass is 10.1. The average molecular weight is 188 g/mol. The second-order valence-corrected chi connectivity index (χ2v) is 2.96. The van der Waals surface area contributed by atoms with Crippen LogP contribution in [0.3, 0.4) is 0 Å². The maximum absolute atomic E-state index is 13.2. The van der Waals surface area contributed by atoms with Crippen LogP contribution in [0.15, 0.2) is 42.6 Å². The number of hydrogen-bond donors (Lipinski definition) is 1. The number of hydrogen-bond acceptors (Lipinski definition) is 2. The maximum Gasteiger partial charge on any atom is 0.220 e. The molecule has 1 heterocycles. The predicted octanol–water partition coefficient (Wildman–Crippen LogP) is 2.47. The van der Waals surface area contributed by atoms with E-state index in [9.17, 15) is 4.39 Å². The molecule has 0 unspecified atom stereocenters.